The van der Waals surface area contributed by atoms with Gasteiger partial charge in [0.2, 0.25) is 0 Å². The maximum absolute atomic E-state index is 5.42. The van der Waals surface area contributed by atoms with Gasteiger partial charge in [-0.05, 0) is 18.6 Å². The Morgan fingerprint density at radius 3 is 3.00 bits per heavy atom. The van der Waals surface area contributed by atoms with Crippen molar-refractivity contribution >= 4 is 12.4 Å². The summed E-state index contributed by atoms with van der Waals surface area (Å²) in [4.78, 5) is 0. The standard InChI is InChI=1S/C8H11NO2.ClH/c1-3-7(10-5-1)8-9-4-2-6-11-8;/h1,3,5,8-9H,2,4,6H2;1H. The molecule has 1 saturated heterocycles. The van der Waals surface area contributed by atoms with Crippen LogP contribution in [0.4, 0.5) is 0 Å². The molecule has 0 saturated carbocycles. The molecule has 3 nitrogen and oxygen atoms in total. The Bertz CT molecular complexity index is 207. The lowest BCUT2D eigenvalue weighted by atomic mass is 10.3. The first-order valence-electron chi connectivity index (χ1n) is 3.85. The molecule has 2 heterocycles. The number of hydrogen-bond donors (Lipinski definition) is 1. The molecule has 0 radical (unpaired) electrons. The van der Waals surface area contributed by atoms with Gasteiger partial charge in [-0.3, -0.25) is 5.32 Å². The zero-order valence-electron chi connectivity index (χ0n) is 6.66. The maximum Gasteiger partial charge on any atom is 0.167 e. The minimum absolute atomic E-state index is 0. The first-order valence-corrected chi connectivity index (χ1v) is 3.85. The lowest BCUT2D eigenvalue weighted by Crippen LogP contribution is -2.30. The van der Waals surface area contributed by atoms with Gasteiger partial charge in [0.05, 0.1) is 12.9 Å². The van der Waals surface area contributed by atoms with Crippen molar-refractivity contribution in [1.82, 2.24) is 5.32 Å². The first kappa shape index (κ1) is 9.58. The Kier molecular flexibility index (Phi) is 3.59. The van der Waals surface area contributed by atoms with Crippen molar-refractivity contribution in [3.8, 4) is 0 Å². The van der Waals surface area contributed by atoms with Gasteiger partial charge in [-0.2, -0.15) is 0 Å². The molecule has 0 aliphatic carbocycles. The lowest BCUT2D eigenvalue weighted by Gasteiger charge is -2.21. The Labute approximate surface area is 77.5 Å². The van der Waals surface area contributed by atoms with Crippen LogP contribution in [-0.4, -0.2) is 13.2 Å². The Morgan fingerprint density at radius 2 is 2.42 bits per heavy atom. The van der Waals surface area contributed by atoms with Crippen LogP contribution in [0, 0.1) is 0 Å². The van der Waals surface area contributed by atoms with Crippen molar-refractivity contribution in [2.45, 2.75) is 12.6 Å². The van der Waals surface area contributed by atoms with Gasteiger partial charge in [-0.15, -0.1) is 12.4 Å². The highest BCUT2D eigenvalue weighted by atomic mass is 35.5. The quantitative estimate of drug-likeness (QED) is 0.731. The lowest BCUT2D eigenvalue weighted by molar-refractivity contribution is -0.0133. The summed E-state index contributed by atoms with van der Waals surface area (Å²) in [5.74, 6) is 0.865. The third-order valence-corrected chi connectivity index (χ3v) is 1.74. The second-order valence-electron chi connectivity index (χ2n) is 2.57. The summed E-state index contributed by atoms with van der Waals surface area (Å²) in [5.41, 5.74) is 0. The highest BCUT2D eigenvalue weighted by Crippen LogP contribution is 2.17. The van der Waals surface area contributed by atoms with Gasteiger partial charge >= 0.3 is 0 Å². The average Bonchev–Trinajstić information content (AvgIpc) is 2.58. The molecule has 0 spiro atoms. The number of rotatable bonds is 1. The van der Waals surface area contributed by atoms with Gasteiger partial charge in [-0.25, -0.2) is 0 Å². The molecule has 1 aliphatic heterocycles. The van der Waals surface area contributed by atoms with Crippen molar-refractivity contribution in [2.75, 3.05) is 13.2 Å². The van der Waals surface area contributed by atoms with E-state index in [1.54, 1.807) is 6.26 Å². The van der Waals surface area contributed by atoms with Crippen LogP contribution in [0.2, 0.25) is 0 Å². The molecule has 1 aromatic rings. The second-order valence-corrected chi connectivity index (χ2v) is 2.57. The van der Waals surface area contributed by atoms with Crippen molar-refractivity contribution in [3.05, 3.63) is 24.2 Å². The molecular formula is C8H12ClNO2. The van der Waals surface area contributed by atoms with E-state index in [0.29, 0.717) is 0 Å². The molecular weight excluding hydrogens is 178 g/mol. The van der Waals surface area contributed by atoms with Gasteiger partial charge in [0.1, 0.15) is 5.76 Å². The van der Waals surface area contributed by atoms with Gasteiger partial charge in [-0.1, -0.05) is 0 Å². The van der Waals surface area contributed by atoms with Crippen molar-refractivity contribution in [2.24, 2.45) is 0 Å². The van der Waals surface area contributed by atoms with E-state index in [4.69, 9.17) is 9.15 Å². The molecule has 2 rings (SSSR count). The Hall–Kier alpha value is -0.510. The molecule has 1 unspecified atom stereocenters. The maximum atomic E-state index is 5.42. The summed E-state index contributed by atoms with van der Waals surface area (Å²) in [6, 6.07) is 3.79. The van der Waals surface area contributed by atoms with E-state index in [2.05, 4.69) is 5.32 Å². The van der Waals surface area contributed by atoms with E-state index in [-0.39, 0.29) is 18.6 Å². The largest absolute Gasteiger partial charge is 0.465 e. The molecule has 1 N–H and O–H groups in total. The van der Waals surface area contributed by atoms with Gasteiger partial charge in [0, 0.05) is 6.54 Å². The van der Waals surface area contributed by atoms with E-state index in [9.17, 15) is 0 Å². The third-order valence-electron chi connectivity index (χ3n) is 1.74. The molecule has 1 aromatic heterocycles. The second kappa shape index (κ2) is 4.50. The number of nitrogens with one attached hydrogen (secondary N) is 1. The van der Waals surface area contributed by atoms with Crippen LogP contribution in [0.3, 0.4) is 0 Å². The van der Waals surface area contributed by atoms with E-state index < -0.39 is 0 Å². The van der Waals surface area contributed by atoms with Gasteiger partial charge < -0.3 is 9.15 Å². The molecule has 0 amide bonds. The fourth-order valence-electron chi connectivity index (χ4n) is 1.19. The molecule has 1 fully saturated rings. The number of halogens is 1. The van der Waals surface area contributed by atoms with E-state index >= 15 is 0 Å². The fourth-order valence-corrected chi connectivity index (χ4v) is 1.19. The SMILES string of the molecule is Cl.c1coc(C2NCCCO2)c1. The highest BCUT2D eigenvalue weighted by Gasteiger charge is 2.16. The fraction of sp³-hybridized carbons (Fsp3) is 0.500. The van der Waals surface area contributed by atoms with Crippen LogP contribution in [0.15, 0.2) is 22.8 Å². The summed E-state index contributed by atoms with van der Waals surface area (Å²) in [5, 5.41) is 3.21. The highest BCUT2D eigenvalue weighted by molar-refractivity contribution is 5.85. The van der Waals surface area contributed by atoms with Crippen LogP contribution in [0.1, 0.15) is 18.4 Å². The van der Waals surface area contributed by atoms with Crippen molar-refractivity contribution < 1.29 is 9.15 Å². The molecule has 4 heteroatoms. The summed E-state index contributed by atoms with van der Waals surface area (Å²) in [6.45, 7) is 1.82. The van der Waals surface area contributed by atoms with Crippen LogP contribution >= 0.6 is 12.4 Å². The van der Waals surface area contributed by atoms with Gasteiger partial charge in [0.25, 0.3) is 0 Å². The summed E-state index contributed by atoms with van der Waals surface area (Å²) in [6.07, 6.45) is 2.71. The van der Waals surface area contributed by atoms with Gasteiger partial charge in [0.15, 0.2) is 6.23 Å². The minimum Gasteiger partial charge on any atom is -0.465 e. The first-order chi connectivity index (χ1) is 5.47. The van der Waals surface area contributed by atoms with Crippen molar-refractivity contribution in [1.29, 1.82) is 0 Å². The molecule has 1 atom stereocenters. The monoisotopic (exact) mass is 189 g/mol. The predicted molar refractivity (Wildman–Crippen MR) is 47.3 cm³/mol. The number of hydrogen-bond acceptors (Lipinski definition) is 3. The smallest absolute Gasteiger partial charge is 0.167 e. The van der Waals surface area contributed by atoms with E-state index in [0.717, 1.165) is 25.3 Å². The van der Waals surface area contributed by atoms with E-state index in [1.165, 1.54) is 0 Å². The molecule has 12 heavy (non-hydrogen) atoms. The van der Waals surface area contributed by atoms with Crippen molar-refractivity contribution in [3.63, 3.8) is 0 Å². The molecule has 68 valence electrons. The predicted octanol–water partition coefficient (Wildman–Crippen LogP) is 1.71. The van der Waals surface area contributed by atoms with Crippen LogP contribution in [0.5, 0.6) is 0 Å². The van der Waals surface area contributed by atoms with E-state index in [1.807, 2.05) is 12.1 Å². The molecule has 0 bridgehead atoms. The molecule has 0 aromatic carbocycles. The normalized spacial score (nSPS) is 23.2. The Balaban J connectivity index is 0.000000720. The summed E-state index contributed by atoms with van der Waals surface area (Å²) < 4.78 is 10.6. The van der Waals surface area contributed by atoms with Crippen LogP contribution in [-0.2, 0) is 4.74 Å². The number of ether oxygens (including phenoxy) is 1. The summed E-state index contributed by atoms with van der Waals surface area (Å²) >= 11 is 0. The number of furan rings is 1. The third kappa shape index (κ3) is 2.00. The Morgan fingerprint density at radius 1 is 1.50 bits per heavy atom. The zero-order valence-corrected chi connectivity index (χ0v) is 7.47. The summed E-state index contributed by atoms with van der Waals surface area (Å²) in [7, 11) is 0. The minimum atomic E-state index is -0.0289. The van der Waals surface area contributed by atoms with Crippen LogP contribution < -0.4 is 5.32 Å². The molecule has 1 aliphatic rings. The van der Waals surface area contributed by atoms with Crippen LogP contribution in [0.25, 0.3) is 0 Å². The topological polar surface area (TPSA) is 34.4 Å². The zero-order chi connectivity index (χ0) is 7.52. The average molecular weight is 190 g/mol.